The van der Waals surface area contributed by atoms with Crippen molar-refractivity contribution < 1.29 is 0 Å². The largest absolute Gasteiger partial charge is 0.302 e. The molecule has 0 saturated carbocycles. The van der Waals surface area contributed by atoms with Crippen LogP contribution in [0.2, 0.25) is 0 Å². The molecule has 4 heteroatoms. The smallest absolute Gasteiger partial charge is 0.0109 e. The van der Waals surface area contributed by atoms with Crippen molar-refractivity contribution in [2.75, 3.05) is 78.5 Å². The third kappa shape index (κ3) is 6.23. The topological polar surface area (TPSA) is 13.0 Å². The van der Waals surface area contributed by atoms with Gasteiger partial charge in [0.1, 0.15) is 0 Å². The van der Waals surface area contributed by atoms with Gasteiger partial charge in [0.05, 0.1) is 0 Å². The van der Waals surface area contributed by atoms with E-state index in [0.29, 0.717) is 0 Å². The van der Waals surface area contributed by atoms with Crippen molar-refractivity contribution in [1.29, 1.82) is 0 Å². The normalized spacial score (nSPS) is 24.9. The summed E-state index contributed by atoms with van der Waals surface area (Å²) < 4.78 is 0. The van der Waals surface area contributed by atoms with E-state index < -0.39 is 0 Å². The molecule has 0 N–H and O–H groups in total. The molecular weight excluding hydrogens is 260 g/mol. The van der Waals surface area contributed by atoms with Gasteiger partial charge in [-0.15, -0.1) is 0 Å². The van der Waals surface area contributed by atoms with E-state index in [1.165, 1.54) is 97.8 Å². The third-order valence-corrected chi connectivity index (χ3v) is 5.21. The van der Waals surface area contributed by atoms with E-state index >= 15 is 0 Å². The molecule has 0 atom stereocenters. The van der Waals surface area contributed by atoms with E-state index in [1.807, 2.05) is 0 Å². The zero-order valence-corrected chi connectivity index (χ0v) is 14.4. The molecule has 0 aromatic rings. The van der Waals surface area contributed by atoms with Crippen LogP contribution in [0, 0.1) is 0 Å². The lowest BCUT2D eigenvalue weighted by atomic mass is 10.3. The van der Waals surface area contributed by atoms with E-state index in [-0.39, 0.29) is 0 Å². The van der Waals surface area contributed by atoms with Crippen molar-refractivity contribution in [2.24, 2.45) is 0 Å². The van der Waals surface area contributed by atoms with Crippen LogP contribution in [0.4, 0.5) is 0 Å². The molecule has 21 heavy (non-hydrogen) atoms. The fourth-order valence-electron chi connectivity index (χ4n) is 3.65. The van der Waals surface area contributed by atoms with Crippen LogP contribution in [0.5, 0.6) is 0 Å². The number of hydrogen-bond acceptors (Lipinski definition) is 4. The second kappa shape index (κ2) is 9.78. The Hall–Kier alpha value is -0.160. The van der Waals surface area contributed by atoms with Gasteiger partial charge in [-0.2, -0.15) is 0 Å². The molecule has 2 fully saturated rings. The van der Waals surface area contributed by atoms with Crippen molar-refractivity contribution in [3.05, 3.63) is 0 Å². The molecule has 0 unspecified atom stereocenters. The molecule has 2 rings (SSSR count). The first kappa shape index (κ1) is 17.2. The number of likely N-dealkylation sites (N-methyl/N-ethyl adjacent to an activating group) is 2. The molecule has 0 aromatic heterocycles. The molecule has 2 saturated heterocycles. The molecule has 0 amide bonds. The third-order valence-electron chi connectivity index (χ3n) is 5.21. The summed E-state index contributed by atoms with van der Waals surface area (Å²) in [4.78, 5) is 10.6. The second-order valence-corrected chi connectivity index (χ2v) is 6.61. The van der Waals surface area contributed by atoms with Gasteiger partial charge in [-0.3, -0.25) is 0 Å². The Morgan fingerprint density at radius 1 is 0.524 bits per heavy atom. The van der Waals surface area contributed by atoms with Gasteiger partial charge in [0.15, 0.2) is 0 Å². The highest BCUT2D eigenvalue weighted by Crippen LogP contribution is 2.06. The Bertz CT molecular complexity index is 246. The van der Waals surface area contributed by atoms with Gasteiger partial charge in [-0.25, -0.2) is 0 Å². The summed E-state index contributed by atoms with van der Waals surface area (Å²) in [5.41, 5.74) is 0. The first-order valence-electron chi connectivity index (χ1n) is 9.21. The van der Waals surface area contributed by atoms with Gasteiger partial charge in [-0.1, -0.05) is 13.8 Å². The SMILES string of the molecule is CCN1CCCN(CCCN2CCCN(CC)CC2)CC1. The lowest BCUT2D eigenvalue weighted by Crippen LogP contribution is -2.34. The van der Waals surface area contributed by atoms with Crippen molar-refractivity contribution in [1.82, 2.24) is 19.6 Å². The molecule has 0 aromatic carbocycles. The van der Waals surface area contributed by atoms with Crippen molar-refractivity contribution >= 4 is 0 Å². The van der Waals surface area contributed by atoms with E-state index in [4.69, 9.17) is 0 Å². The monoisotopic (exact) mass is 296 g/mol. The zero-order valence-electron chi connectivity index (χ0n) is 14.4. The number of rotatable bonds is 6. The quantitative estimate of drug-likeness (QED) is 0.735. The molecule has 0 radical (unpaired) electrons. The molecule has 0 bridgehead atoms. The summed E-state index contributed by atoms with van der Waals surface area (Å²) in [6.07, 6.45) is 4.05. The summed E-state index contributed by atoms with van der Waals surface area (Å²) in [5, 5.41) is 0. The maximum atomic E-state index is 2.69. The molecule has 0 spiro atoms. The van der Waals surface area contributed by atoms with Crippen LogP contribution in [-0.2, 0) is 0 Å². The Balaban J connectivity index is 1.60. The summed E-state index contributed by atoms with van der Waals surface area (Å²) in [7, 11) is 0. The molecule has 2 aliphatic heterocycles. The Labute approximate surface area is 132 Å². The maximum Gasteiger partial charge on any atom is 0.0109 e. The van der Waals surface area contributed by atoms with Gasteiger partial charge in [-0.05, 0) is 71.6 Å². The fraction of sp³-hybridized carbons (Fsp3) is 1.00. The highest BCUT2D eigenvalue weighted by Gasteiger charge is 2.15. The molecule has 2 aliphatic rings. The van der Waals surface area contributed by atoms with Crippen LogP contribution in [0.1, 0.15) is 33.1 Å². The minimum absolute atomic E-state index is 1.22. The molecule has 124 valence electrons. The van der Waals surface area contributed by atoms with Gasteiger partial charge < -0.3 is 19.6 Å². The molecular formula is C17H36N4. The van der Waals surface area contributed by atoms with Crippen LogP contribution >= 0.6 is 0 Å². The minimum Gasteiger partial charge on any atom is -0.302 e. The zero-order chi connectivity index (χ0) is 14.9. The Morgan fingerprint density at radius 3 is 1.33 bits per heavy atom. The van der Waals surface area contributed by atoms with Gasteiger partial charge in [0.25, 0.3) is 0 Å². The number of nitrogens with zero attached hydrogens (tertiary/aromatic N) is 4. The van der Waals surface area contributed by atoms with Gasteiger partial charge in [0.2, 0.25) is 0 Å². The van der Waals surface area contributed by atoms with E-state index in [9.17, 15) is 0 Å². The first-order chi connectivity index (χ1) is 10.3. The molecule has 4 nitrogen and oxygen atoms in total. The van der Waals surface area contributed by atoms with Crippen molar-refractivity contribution in [2.45, 2.75) is 33.1 Å². The average molecular weight is 297 g/mol. The summed E-state index contributed by atoms with van der Waals surface area (Å²) in [6.45, 7) is 19.9. The van der Waals surface area contributed by atoms with Crippen LogP contribution < -0.4 is 0 Å². The highest BCUT2D eigenvalue weighted by atomic mass is 15.2. The molecule has 2 heterocycles. The van der Waals surface area contributed by atoms with Crippen LogP contribution in [0.15, 0.2) is 0 Å². The summed E-state index contributed by atoms with van der Waals surface area (Å²) in [5.74, 6) is 0. The highest BCUT2D eigenvalue weighted by molar-refractivity contribution is 4.72. The lowest BCUT2D eigenvalue weighted by Gasteiger charge is -2.24. The van der Waals surface area contributed by atoms with Gasteiger partial charge >= 0.3 is 0 Å². The standard InChI is InChI=1S/C17H36N4/c1-3-18-8-5-10-20(16-14-18)12-7-13-21-11-6-9-19(4-2)15-17-21/h3-17H2,1-2H3. The Morgan fingerprint density at radius 2 is 0.905 bits per heavy atom. The average Bonchev–Trinajstić information content (AvgIpc) is 2.87. The van der Waals surface area contributed by atoms with Crippen molar-refractivity contribution in [3.63, 3.8) is 0 Å². The predicted molar refractivity (Wildman–Crippen MR) is 91.0 cm³/mol. The fourth-order valence-corrected chi connectivity index (χ4v) is 3.65. The van der Waals surface area contributed by atoms with Gasteiger partial charge in [0, 0.05) is 26.2 Å². The van der Waals surface area contributed by atoms with Crippen LogP contribution in [0.3, 0.4) is 0 Å². The van der Waals surface area contributed by atoms with Crippen molar-refractivity contribution in [3.8, 4) is 0 Å². The minimum atomic E-state index is 1.22. The summed E-state index contributed by atoms with van der Waals surface area (Å²) >= 11 is 0. The summed E-state index contributed by atoms with van der Waals surface area (Å²) in [6, 6.07) is 0. The first-order valence-corrected chi connectivity index (χ1v) is 9.21. The van der Waals surface area contributed by atoms with E-state index in [1.54, 1.807) is 0 Å². The number of hydrogen-bond donors (Lipinski definition) is 0. The van der Waals surface area contributed by atoms with E-state index in [2.05, 4.69) is 33.4 Å². The van der Waals surface area contributed by atoms with E-state index in [0.717, 1.165) is 0 Å². The second-order valence-electron chi connectivity index (χ2n) is 6.61. The maximum absolute atomic E-state index is 2.69. The lowest BCUT2D eigenvalue weighted by molar-refractivity contribution is 0.226. The van der Waals surface area contributed by atoms with Crippen LogP contribution in [0.25, 0.3) is 0 Å². The predicted octanol–water partition coefficient (Wildman–Crippen LogP) is 1.43. The molecule has 0 aliphatic carbocycles. The van der Waals surface area contributed by atoms with Crippen LogP contribution in [-0.4, -0.2) is 98.1 Å². The Kier molecular flexibility index (Phi) is 8.01.